The molecule has 1 N–H and O–H groups in total. The van der Waals surface area contributed by atoms with Crippen molar-refractivity contribution in [2.75, 3.05) is 31.5 Å². The number of benzene rings is 1. The Kier molecular flexibility index (Phi) is 4.00. The Morgan fingerprint density at radius 1 is 1.25 bits per heavy atom. The van der Waals surface area contributed by atoms with Crippen LogP contribution in [0.25, 0.3) is 0 Å². The van der Waals surface area contributed by atoms with E-state index < -0.39 is 0 Å². The Hall–Kier alpha value is -1.28. The molecule has 0 radical (unpaired) electrons. The third-order valence-corrected chi connectivity index (χ3v) is 3.05. The van der Waals surface area contributed by atoms with Gasteiger partial charge < -0.3 is 5.32 Å². The third kappa shape index (κ3) is 3.38. The molecule has 0 unspecified atom stereocenters. The summed E-state index contributed by atoms with van der Waals surface area (Å²) >= 11 is 0. The van der Waals surface area contributed by atoms with Gasteiger partial charge in [0, 0.05) is 31.9 Å². The number of anilines is 1. The van der Waals surface area contributed by atoms with E-state index in [1.54, 1.807) is 0 Å². The minimum atomic E-state index is 1.02. The van der Waals surface area contributed by atoms with Gasteiger partial charge >= 0.3 is 0 Å². The monoisotopic (exact) mass is 216 g/mol. The molecule has 0 amide bonds. The van der Waals surface area contributed by atoms with E-state index in [-0.39, 0.29) is 0 Å². The van der Waals surface area contributed by atoms with Crippen molar-refractivity contribution in [1.82, 2.24) is 4.90 Å². The number of nitrogens with one attached hydrogen (secondary N) is 1. The van der Waals surface area contributed by atoms with Crippen LogP contribution < -0.4 is 5.32 Å². The molecule has 0 saturated carbocycles. The van der Waals surface area contributed by atoms with Gasteiger partial charge in [-0.25, -0.2) is 0 Å². The van der Waals surface area contributed by atoms with Crippen LogP contribution >= 0.6 is 0 Å². The first-order valence-electron chi connectivity index (χ1n) is 6.01. The van der Waals surface area contributed by atoms with Gasteiger partial charge in [0.05, 0.1) is 0 Å². The predicted molar refractivity (Wildman–Crippen MR) is 69.7 cm³/mol. The molecule has 1 heterocycles. The standard InChI is InChI=1S/C14H20N2/c1-13-7-10-16(11-8-13)12-9-15-14-5-3-2-4-6-14/h2-7,15H,8-12H2,1H3. The molecule has 0 atom stereocenters. The minimum Gasteiger partial charge on any atom is -0.384 e. The summed E-state index contributed by atoms with van der Waals surface area (Å²) in [6.07, 6.45) is 3.57. The highest BCUT2D eigenvalue weighted by Crippen LogP contribution is 2.09. The summed E-state index contributed by atoms with van der Waals surface area (Å²) in [7, 11) is 0. The van der Waals surface area contributed by atoms with Crippen LogP contribution in [-0.4, -0.2) is 31.1 Å². The molecule has 0 saturated heterocycles. The van der Waals surface area contributed by atoms with Crippen LogP contribution in [0.15, 0.2) is 42.0 Å². The van der Waals surface area contributed by atoms with E-state index >= 15 is 0 Å². The first-order valence-corrected chi connectivity index (χ1v) is 6.01. The van der Waals surface area contributed by atoms with E-state index in [0.717, 1.165) is 19.6 Å². The van der Waals surface area contributed by atoms with E-state index in [0.29, 0.717) is 0 Å². The topological polar surface area (TPSA) is 15.3 Å². The Balaban J connectivity index is 1.69. The van der Waals surface area contributed by atoms with E-state index in [1.165, 1.54) is 24.2 Å². The smallest absolute Gasteiger partial charge is 0.0340 e. The van der Waals surface area contributed by atoms with Crippen LogP contribution in [0.2, 0.25) is 0 Å². The molecule has 16 heavy (non-hydrogen) atoms. The molecular formula is C14H20N2. The molecule has 1 aromatic carbocycles. The first kappa shape index (κ1) is 11.2. The maximum absolute atomic E-state index is 3.44. The van der Waals surface area contributed by atoms with Gasteiger partial charge in [-0.2, -0.15) is 0 Å². The molecule has 86 valence electrons. The quantitative estimate of drug-likeness (QED) is 0.779. The van der Waals surface area contributed by atoms with Crippen LogP contribution in [0.4, 0.5) is 5.69 Å². The third-order valence-electron chi connectivity index (χ3n) is 3.05. The van der Waals surface area contributed by atoms with Gasteiger partial charge in [-0.15, -0.1) is 0 Å². The fourth-order valence-electron chi connectivity index (χ4n) is 1.93. The summed E-state index contributed by atoms with van der Waals surface area (Å²) in [5.41, 5.74) is 2.75. The molecule has 0 aromatic heterocycles. The number of rotatable bonds is 4. The van der Waals surface area contributed by atoms with Crippen LogP contribution in [-0.2, 0) is 0 Å². The molecule has 1 aliphatic heterocycles. The van der Waals surface area contributed by atoms with Crippen LogP contribution in [0.3, 0.4) is 0 Å². The minimum absolute atomic E-state index is 1.02. The van der Waals surface area contributed by atoms with Gasteiger partial charge in [0.1, 0.15) is 0 Å². The van der Waals surface area contributed by atoms with Crippen molar-refractivity contribution in [2.45, 2.75) is 13.3 Å². The number of hydrogen-bond donors (Lipinski definition) is 1. The lowest BCUT2D eigenvalue weighted by atomic mass is 10.1. The van der Waals surface area contributed by atoms with Crippen molar-refractivity contribution >= 4 is 5.69 Å². The lowest BCUT2D eigenvalue weighted by Crippen LogP contribution is -2.32. The molecule has 2 rings (SSSR count). The second kappa shape index (κ2) is 5.71. The lowest BCUT2D eigenvalue weighted by molar-refractivity contribution is 0.305. The second-order valence-electron chi connectivity index (χ2n) is 4.39. The summed E-state index contributed by atoms with van der Waals surface area (Å²) in [5, 5.41) is 3.44. The Morgan fingerprint density at radius 3 is 2.75 bits per heavy atom. The van der Waals surface area contributed by atoms with Crippen molar-refractivity contribution in [2.24, 2.45) is 0 Å². The summed E-state index contributed by atoms with van der Waals surface area (Å²) in [6, 6.07) is 10.4. The van der Waals surface area contributed by atoms with Gasteiger partial charge in [-0.1, -0.05) is 29.8 Å². The summed E-state index contributed by atoms with van der Waals surface area (Å²) in [5.74, 6) is 0. The van der Waals surface area contributed by atoms with E-state index in [4.69, 9.17) is 0 Å². The van der Waals surface area contributed by atoms with Crippen LogP contribution in [0.5, 0.6) is 0 Å². The van der Waals surface area contributed by atoms with Gasteiger partial charge in [0.2, 0.25) is 0 Å². The van der Waals surface area contributed by atoms with E-state index in [9.17, 15) is 0 Å². The van der Waals surface area contributed by atoms with E-state index in [2.05, 4.69) is 47.5 Å². The normalized spacial score (nSPS) is 16.9. The van der Waals surface area contributed by atoms with Gasteiger partial charge in [0.15, 0.2) is 0 Å². The van der Waals surface area contributed by atoms with Crippen molar-refractivity contribution < 1.29 is 0 Å². The molecule has 2 heteroatoms. The summed E-state index contributed by atoms with van der Waals surface area (Å²) in [4.78, 5) is 2.49. The van der Waals surface area contributed by atoms with Crippen LogP contribution in [0, 0.1) is 0 Å². The van der Waals surface area contributed by atoms with Crippen LogP contribution in [0.1, 0.15) is 13.3 Å². The SMILES string of the molecule is CC1=CCN(CCNc2ccccc2)CC1. The molecule has 0 bridgehead atoms. The maximum atomic E-state index is 3.44. The average Bonchev–Trinajstić information content (AvgIpc) is 2.33. The zero-order valence-corrected chi connectivity index (χ0v) is 9.95. The Labute approximate surface area is 98.0 Å². The highest BCUT2D eigenvalue weighted by Gasteiger charge is 2.07. The van der Waals surface area contributed by atoms with E-state index in [1.807, 2.05) is 6.07 Å². The highest BCUT2D eigenvalue weighted by molar-refractivity contribution is 5.42. The summed E-state index contributed by atoms with van der Waals surface area (Å²) < 4.78 is 0. The summed E-state index contributed by atoms with van der Waals surface area (Å²) in [6.45, 7) is 6.69. The van der Waals surface area contributed by atoms with Crippen molar-refractivity contribution in [3.63, 3.8) is 0 Å². The lowest BCUT2D eigenvalue weighted by Gasteiger charge is -2.25. The first-order chi connectivity index (χ1) is 7.84. The fraction of sp³-hybridized carbons (Fsp3) is 0.429. The number of nitrogens with zero attached hydrogens (tertiary/aromatic N) is 1. The molecule has 0 aliphatic carbocycles. The largest absolute Gasteiger partial charge is 0.384 e. The Morgan fingerprint density at radius 2 is 2.06 bits per heavy atom. The molecule has 0 spiro atoms. The van der Waals surface area contributed by atoms with Crippen molar-refractivity contribution in [1.29, 1.82) is 0 Å². The zero-order valence-electron chi connectivity index (χ0n) is 9.95. The predicted octanol–water partition coefficient (Wildman–Crippen LogP) is 2.75. The maximum Gasteiger partial charge on any atom is 0.0340 e. The van der Waals surface area contributed by atoms with Crippen molar-refractivity contribution in [3.05, 3.63) is 42.0 Å². The Bertz CT molecular complexity index is 343. The molecule has 0 fully saturated rings. The molecule has 1 aromatic rings. The molecule has 1 aliphatic rings. The van der Waals surface area contributed by atoms with Gasteiger partial charge in [-0.05, 0) is 25.5 Å². The second-order valence-corrected chi connectivity index (χ2v) is 4.39. The van der Waals surface area contributed by atoms with Gasteiger partial charge in [0.25, 0.3) is 0 Å². The molecule has 2 nitrogen and oxygen atoms in total. The zero-order chi connectivity index (χ0) is 11.2. The average molecular weight is 216 g/mol. The number of hydrogen-bond acceptors (Lipinski definition) is 2. The molecular weight excluding hydrogens is 196 g/mol. The highest BCUT2D eigenvalue weighted by atomic mass is 15.1. The fourth-order valence-corrected chi connectivity index (χ4v) is 1.93. The number of para-hydroxylation sites is 1. The van der Waals surface area contributed by atoms with Gasteiger partial charge in [-0.3, -0.25) is 4.90 Å². The van der Waals surface area contributed by atoms with Crippen molar-refractivity contribution in [3.8, 4) is 0 Å².